The van der Waals surface area contributed by atoms with Crippen molar-refractivity contribution in [3.63, 3.8) is 0 Å². The Hall–Kier alpha value is -2.75. The lowest BCUT2D eigenvalue weighted by Gasteiger charge is -2.06. The standard InChI is InChI=1S/C19H19NO3/c1-3-12-7-8-17-15(9-12)16(11-18(21)22)19(20-17)13-5-4-6-14(10-13)23-2/h4-10,20H,3,11H2,1-2H3,(H,21,22). The van der Waals surface area contributed by atoms with Crippen molar-refractivity contribution in [2.45, 2.75) is 19.8 Å². The molecule has 3 aromatic rings. The summed E-state index contributed by atoms with van der Waals surface area (Å²) in [7, 11) is 1.62. The number of aromatic nitrogens is 1. The molecule has 2 N–H and O–H groups in total. The largest absolute Gasteiger partial charge is 0.497 e. The zero-order valence-electron chi connectivity index (χ0n) is 13.2. The Morgan fingerprint density at radius 3 is 2.74 bits per heavy atom. The highest BCUT2D eigenvalue weighted by Gasteiger charge is 2.16. The van der Waals surface area contributed by atoms with Crippen LogP contribution in [0.1, 0.15) is 18.1 Å². The van der Waals surface area contributed by atoms with E-state index in [1.165, 1.54) is 5.56 Å². The van der Waals surface area contributed by atoms with Crippen LogP contribution in [-0.2, 0) is 17.6 Å². The van der Waals surface area contributed by atoms with Crippen LogP contribution in [0, 0.1) is 0 Å². The summed E-state index contributed by atoms with van der Waals surface area (Å²) < 4.78 is 5.28. The number of methoxy groups -OCH3 is 1. The van der Waals surface area contributed by atoms with Crippen LogP contribution in [0.15, 0.2) is 42.5 Å². The van der Waals surface area contributed by atoms with Crippen LogP contribution in [0.3, 0.4) is 0 Å². The Balaban J connectivity index is 2.23. The predicted molar refractivity (Wildman–Crippen MR) is 91.0 cm³/mol. The predicted octanol–water partition coefficient (Wildman–Crippen LogP) is 4.03. The number of hydrogen-bond donors (Lipinski definition) is 2. The lowest BCUT2D eigenvalue weighted by atomic mass is 10.0. The average molecular weight is 309 g/mol. The molecule has 0 amide bonds. The number of aromatic amines is 1. The fourth-order valence-corrected chi connectivity index (χ4v) is 2.87. The van der Waals surface area contributed by atoms with Gasteiger partial charge < -0.3 is 14.8 Å². The first-order valence-corrected chi connectivity index (χ1v) is 7.62. The summed E-state index contributed by atoms with van der Waals surface area (Å²) in [5.74, 6) is -0.0892. The number of fused-ring (bicyclic) bond motifs is 1. The smallest absolute Gasteiger partial charge is 0.307 e. The van der Waals surface area contributed by atoms with Crippen molar-refractivity contribution < 1.29 is 14.6 Å². The lowest BCUT2D eigenvalue weighted by Crippen LogP contribution is -2.01. The van der Waals surface area contributed by atoms with E-state index in [0.29, 0.717) is 0 Å². The van der Waals surface area contributed by atoms with E-state index in [-0.39, 0.29) is 6.42 Å². The fourth-order valence-electron chi connectivity index (χ4n) is 2.87. The molecule has 23 heavy (non-hydrogen) atoms. The van der Waals surface area contributed by atoms with Crippen LogP contribution in [0.5, 0.6) is 5.75 Å². The number of aryl methyl sites for hydroxylation is 1. The quantitative estimate of drug-likeness (QED) is 0.748. The van der Waals surface area contributed by atoms with Crippen molar-refractivity contribution in [1.82, 2.24) is 4.98 Å². The zero-order chi connectivity index (χ0) is 16.4. The van der Waals surface area contributed by atoms with E-state index in [1.807, 2.05) is 30.3 Å². The Morgan fingerprint density at radius 2 is 2.04 bits per heavy atom. The average Bonchev–Trinajstić information content (AvgIpc) is 2.92. The summed E-state index contributed by atoms with van der Waals surface area (Å²) in [5, 5.41) is 10.3. The summed E-state index contributed by atoms with van der Waals surface area (Å²) in [6.07, 6.45) is 0.905. The second kappa shape index (κ2) is 6.16. The molecule has 0 saturated heterocycles. The number of H-pyrrole nitrogens is 1. The molecule has 0 fully saturated rings. The van der Waals surface area contributed by atoms with Crippen molar-refractivity contribution in [3.8, 4) is 17.0 Å². The van der Waals surface area contributed by atoms with E-state index in [1.54, 1.807) is 7.11 Å². The maximum atomic E-state index is 11.3. The van der Waals surface area contributed by atoms with Gasteiger partial charge in [0.05, 0.1) is 19.2 Å². The molecular weight excluding hydrogens is 290 g/mol. The van der Waals surface area contributed by atoms with Gasteiger partial charge >= 0.3 is 5.97 Å². The van der Waals surface area contributed by atoms with E-state index >= 15 is 0 Å². The van der Waals surface area contributed by atoms with Gasteiger partial charge in [-0.15, -0.1) is 0 Å². The molecule has 4 heteroatoms. The van der Waals surface area contributed by atoms with Crippen LogP contribution in [0.25, 0.3) is 22.2 Å². The molecule has 0 unspecified atom stereocenters. The molecule has 3 rings (SSSR count). The van der Waals surface area contributed by atoms with E-state index in [4.69, 9.17) is 4.74 Å². The molecule has 118 valence electrons. The Kier molecular flexibility index (Phi) is 4.06. The van der Waals surface area contributed by atoms with Gasteiger partial charge in [0, 0.05) is 16.5 Å². The SMILES string of the molecule is CCc1ccc2[nH]c(-c3cccc(OC)c3)c(CC(=O)O)c2c1. The number of ether oxygens (including phenoxy) is 1. The highest BCUT2D eigenvalue weighted by atomic mass is 16.5. The topological polar surface area (TPSA) is 62.3 Å². The first kappa shape index (κ1) is 15.2. The first-order chi connectivity index (χ1) is 11.1. The second-order valence-electron chi connectivity index (χ2n) is 5.51. The van der Waals surface area contributed by atoms with Crippen molar-refractivity contribution in [2.24, 2.45) is 0 Å². The van der Waals surface area contributed by atoms with Gasteiger partial charge in [-0.25, -0.2) is 0 Å². The van der Waals surface area contributed by atoms with Crippen molar-refractivity contribution in [2.75, 3.05) is 7.11 Å². The monoisotopic (exact) mass is 309 g/mol. The van der Waals surface area contributed by atoms with Crippen molar-refractivity contribution >= 4 is 16.9 Å². The third-order valence-corrected chi connectivity index (χ3v) is 4.07. The van der Waals surface area contributed by atoms with Gasteiger partial charge in [0.25, 0.3) is 0 Å². The lowest BCUT2D eigenvalue weighted by molar-refractivity contribution is -0.136. The van der Waals surface area contributed by atoms with Gasteiger partial charge in [-0.2, -0.15) is 0 Å². The van der Waals surface area contributed by atoms with Crippen LogP contribution in [-0.4, -0.2) is 23.2 Å². The maximum absolute atomic E-state index is 11.3. The number of carboxylic acid groups (broad SMARTS) is 1. The Morgan fingerprint density at radius 1 is 1.22 bits per heavy atom. The van der Waals surface area contributed by atoms with Crippen LogP contribution >= 0.6 is 0 Å². The minimum Gasteiger partial charge on any atom is -0.497 e. The van der Waals surface area contributed by atoms with Gasteiger partial charge in [-0.1, -0.05) is 25.1 Å². The number of carbonyl (C=O) groups is 1. The molecule has 0 atom stereocenters. The number of benzene rings is 2. The van der Waals surface area contributed by atoms with E-state index < -0.39 is 5.97 Å². The summed E-state index contributed by atoms with van der Waals surface area (Å²) in [6.45, 7) is 2.09. The third kappa shape index (κ3) is 2.93. The van der Waals surface area contributed by atoms with Crippen LogP contribution in [0.2, 0.25) is 0 Å². The Bertz CT molecular complexity index is 864. The van der Waals surface area contributed by atoms with Crippen molar-refractivity contribution in [3.05, 3.63) is 53.6 Å². The van der Waals surface area contributed by atoms with Gasteiger partial charge in [0.2, 0.25) is 0 Å². The molecule has 0 saturated carbocycles. The number of aliphatic carboxylic acids is 1. The molecule has 0 spiro atoms. The number of rotatable bonds is 5. The van der Waals surface area contributed by atoms with Crippen LogP contribution in [0.4, 0.5) is 0 Å². The molecule has 0 aliphatic carbocycles. The minimum absolute atomic E-state index is 0.0142. The molecule has 2 aromatic carbocycles. The van der Waals surface area contributed by atoms with E-state index in [0.717, 1.165) is 39.9 Å². The number of nitrogens with one attached hydrogen (secondary N) is 1. The summed E-state index contributed by atoms with van der Waals surface area (Å²) in [6, 6.07) is 13.8. The Labute approximate surface area is 134 Å². The maximum Gasteiger partial charge on any atom is 0.307 e. The number of hydrogen-bond acceptors (Lipinski definition) is 2. The molecular formula is C19H19NO3. The highest BCUT2D eigenvalue weighted by Crippen LogP contribution is 2.33. The molecule has 1 heterocycles. The van der Waals surface area contributed by atoms with Gasteiger partial charge in [0.15, 0.2) is 0 Å². The summed E-state index contributed by atoms with van der Waals surface area (Å²) in [4.78, 5) is 14.7. The first-order valence-electron chi connectivity index (χ1n) is 7.62. The molecule has 1 aromatic heterocycles. The van der Waals surface area contributed by atoms with Crippen molar-refractivity contribution in [1.29, 1.82) is 0 Å². The highest BCUT2D eigenvalue weighted by molar-refractivity contribution is 5.94. The fraction of sp³-hybridized carbons (Fsp3) is 0.211. The van der Waals surface area contributed by atoms with Gasteiger partial charge in [-0.3, -0.25) is 4.79 Å². The van der Waals surface area contributed by atoms with E-state index in [2.05, 4.69) is 24.0 Å². The summed E-state index contributed by atoms with van der Waals surface area (Å²) >= 11 is 0. The molecule has 0 aliphatic rings. The minimum atomic E-state index is -0.836. The summed E-state index contributed by atoms with van der Waals surface area (Å²) in [5.41, 5.74) is 4.73. The second-order valence-corrected chi connectivity index (χ2v) is 5.51. The van der Waals surface area contributed by atoms with Gasteiger partial charge in [-0.05, 0) is 41.8 Å². The molecule has 0 radical (unpaired) electrons. The van der Waals surface area contributed by atoms with Crippen LogP contribution < -0.4 is 4.74 Å². The molecule has 0 bridgehead atoms. The molecule has 4 nitrogen and oxygen atoms in total. The van der Waals surface area contributed by atoms with E-state index in [9.17, 15) is 9.90 Å². The van der Waals surface area contributed by atoms with Gasteiger partial charge in [0.1, 0.15) is 5.75 Å². The third-order valence-electron chi connectivity index (χ3n) is 4.07. The zero-order valence-corrected chi connectivity index (χ0v) is 13.2. The molecule has 0 aliphatic heterocycles. The number of carboxylic acids is 1. The normalized spacial score (nSPS) is 10.9.